The number of rotatable bonds is 9. The lowest BCUT2D eigenvalue weighted by molar-refractivity contribution is -0.136. The van der Waals surface area contributed by atoms with Crippen molar-refractivity contribution in [1.29, 1.82) is 0 Å². The molecule has 0 aromatic heterocycles. The first-order chi connectivity index (χ1) is 21.5. The molecule has 4 heterocycles. The third-order valence-corrected chi connectivity index (χ3v) is 9.74. The number of carbonyl (C=O) groups excluding carboxylic acids is 4. The average molecular weight is 620 g/mol. The van der Waals surface area contributed by atoms with Gasteiger partial charge in [0.2, 0.25) is 11.8 Å². The summed E-state index contributed by atoms with van der Waals surface area (Å²) in [6.07, 6.45) is 11.9. The van der Waals surface area contributed by atoms with E-state index in [0.29, 0.717) is 31.0 Å². The van der Waals surface area contributed by atoms with Crippen molar-refractivity contribution in [2.75, 3.05) is 45.8 Å². The maximum Gasteiger partial charge on any atom is 0.410 e. The molecule has 0 bridgehead atoms. The number of piperidine rings is 2. The predicted molar refractivity (Wildman–Crippen MR) is 171 cm³/mol. The standard InChI is InChI=1S/C35H49N5O5/c1-5-9-25(27-11-8-12-28-29(27)24-40(33(28)43)30-13-14-31(41)36-32(30)42)10-6-7-17-37-20-22-38(23-21-37)26-15-18-39(19-16-26)34(44)45-35(2,3)4/h1,8,11-12,25-26,30H,6-7,9-10,13-24H2,2-4H3,(H,36,41,42). The van der Waals surface area contributed by atoms with Crippen LogP contribution < -0.4 is 5.32 Å². The molecule has 0 radical (unpaired) electrons. The molecular weight excluding hydrogens is 570 g/mol. The molecule has 10 nitrogen and oxygen atoms in total. The fourth-order valence-electron chi connectivity index (χ4n) is 7.32. The summed E-state index contributed by atoms with van der Waals surface area (Å²) in [5, 5.41) is 2.38. The first-order valence-electron chi connectivity index (χ1n) is 16.7. The minimum atomic E-state index is -0.618. The van der Waals surface area contributed by atoms with Gasteiger partial charge in [-0.05, 0) is 82.5 Å². The van der Waals surface area contributed by atoms with Crippen molar-refractivity contribution in [1.82, 2.24) is 24.9 Å². The minimum absolute atomic E-state index is 0.145. The molecule has 5 rings (SSSR count). The van der Waals surface area contributed by atoms with Gasteiger partial charge in [-0.1, -0.05) is 18.6 Å². The Morgan fingerprint density at radius 1 is 1.04 bits per heavy atom. The zero-order chi connectivity index (χ0) is 32.1. The molecule has 4 aliphatic heterocycles. The number of unbranched alkanes of at least 4 members (excludes halogenated alkanes) is 1. The van der Waals surface area contributed by atoms with E-state index in [0.717, 1.165) is 89.0 Å². The first kappa shape index (κ1) is 33.0. The monoisotopic (exact) mass is 619 g/mol. The van der Waals surface area contributed by atoms with Gasteiger partial charge in [0.15, 0.2) is 0 Å². The zero-order valence-corrected chi connectivity index (χ0v) is 27.2. The number of benzene rings is 1. The van der Waals surface area contributed by atoms with Gasteiger partial charge in [-0.3, -0.25) is 24.6 Å². The van der Waals surface area contributed by atoms with E-state index in [1.54, 1.807) is 4.90 Å². The highest BCUT2D eigenvalue weighted by atomic mass is 16.6. The van der Waals surface area contributed by atoms with Crippen molar-refractivity contribution in [3.63, 3.8) is 0 Å². The topological polar surface area (TPSA) is 102 Å². The fraction of sp³-hybridized carbons (Fsp3) is 0.657. The Bertz CT molecular complexity index is 1300. The predicted octanol–water partition coefficient (Wildman–Crippen LogP) is 3.74. The summed E-state index contributed by atoms with van der Waals surface area (Å²) in [5.41, 5.74) is 2.27. The van der Waals surface area contributed by atoms with Gasteiger partial charge in [-0.25, -0.2) is 4.79 Å². The Morgan fingerprint density at radius 3 is 2.44 bits per heavy atom. The number of amides is 4. The fourth-order valence-corrected chi connectivity index (χ4v) is 7.32. The van der Waals surface area contributed by atoms with Gasteiger partial charge in [0.05, 0.1) is 0 Å². The number of hydrogen-bond acceptors (Lipinski definition) is 7. The largest absolute Gasteiger partial charge is 0.444 e. The first-order valence-corrected chi connectivity index (χ1v) is 16.7. The Labute approximate surface area is 267 Å². The lowest BCUT2D eigenvalue weighted by atomic mass is 9.86. The van der Waals surface area contributed by atoms with Crippen LogP contribution in [0.2, 0.25) is 0 Å². The number of hydrogen-bond donors (Lipinski definition) is 1. The summed E-state index contributed by atoms with van der Waals surface area (Å²) in [6.45, 7) is 12.9. The summed E-state index contributed by atoms with van der Waals surface area (Å²) >= 11 is 0. The number of likely N-dealkylation sites (tertiary alicyclic amines) is 1. The van der Waals surface area contributed by atoms with Gasteiger partial charge in [-0.2, -0.15) is 0 Å². The van der Waals surface area contributed by atoms with Crippen molar-refractivity contribution < 1.29 is 23.9 Å². The molecule has 10 heteroatoms. The SMILES string of the molecule is C#CCC(CCCCN1CCN(C2CCN(C(=O)OC(C)(C)C)CC2)CC1)c1cccc2c1CN(C1CCC(=O)NC1=O)C2=O. The van der Waals surface area contributed by atoms with Crippen LogP contribution in [0.4, 0.5) is 4.79 Å². The highest BCUT2D eigenvalue weighted by Crippen LogP contribution is 2.36. The van der Waals surface area contributed by atoms with E-state index in [9.17, 15) is 19.2 Å². The number of piperazine rings is 1. The Balaban J connectivity index is 1.06. The van der Waals surface area contributed by atoms with Crippen molar-refractivity contribution >= 4 is 23.8 Å². The van der Waals surface area contributed by atoms with E-state index < -0.39 is 17.6 Å². The average Bonchev–Trinajstić information content (AvgIpc) is 3.34. The number of fused-ring (bicyclic) bond motifs is 1. The molecule has 45 heavy (non-hydrogen) atoms. The minimum Gasteiger partial charge on any atom is -0.444 e. The maximum atomic E-state index is 13.3. The second-order valence-corrected chi connectivity index (χ2v) is 14.0. The highest BCUT2D eigenvalue weighted by Gasteiger charge is 2.40. The molecule has 0 saturated carbocycles. The summed E-state index contributed by atoms with van der Waals surface area (Å²) in [7, 11) is 0. The quantitative estimate of drug-likeness (QED) is 0.255. The molecule has 1 aromatic rings. The number of ether oxygens (including phenoxy) is 1. The molecule has 1 N–H and O–H groups in total. The van der Waals surface area contributed by atoms with Crippen molar-refractivity contribution in [2.45, 2.75) is 102 Å². The van der Waals surface area contributed by atoms with Crippen LogP contribution in [0.3, 0.4) is 0 Å². The maximum absolute atomic E-state index is 13.3. The van der Waals surface area contributed by atoms with Crippen LogP contribution in [0.5, 0.6) is 0 Å². The molecule has 4 aliphatic rings. The van der Waals surface area contributed by atoms with E-state index in [1.165, 1.54) is 0 Å². The lowest BCUT2D eigenvalue weighted by Crippen LogP contribution is -2.54. The molecule has 1 aromatic carbocycles. The Hall–Kier alpha value is -3.42. The van der Waals surface area contributed by atoms with Gasteiger partial charge >= 0.3 is 6.09 Å². The van der Waals surface area contributed by atoms with Crippen LogP contribution in [0.25, 0.3) is 0 Å². The summed E-state index contributed by atoms with van der Waals surface area (Å²) < 4.78 is 5.55. The van der Waals surface area contributed by atoms with Crippen molar-refractivity contribution in [3.8, 4) is 12.3 Å². The second kappa shape index (κ2) is 14.3. The molecular formula is C35H49N5O5. The lowest BCUT2D eigenvalue weighted by Gasteiger charge is -2.42. The number of nitrogens with one attached hydrogen (secondary N) is 1. The van der Waals surface area contributed by atoms with E-state index in [1.807, 2.05) is 37.8 Å². The second-order valence-electron chi connectivity index (χ2n) is 14.0. The molecule has 244 valence electrons. The van der Waals surface area contributed by atoms with Crippen LogP contribution >= 0.6 is 0 Å². The number of nitrogens with zero attached hydrogens (tertiary/aromatic N) is 4. The van der Waals surface area contributed by atoms with E-state index in [-0.39, 0.29) is 30.2 Å². The smallest absolute Gasteiger partial charge is 0.410 e. The van der Waals surface area contributed by atoms with Crippen LogP contribution in [-0.2, 0) is 20.9 Å². The molecule has 4 amide bonds. The Kier molecular flexibility index (Phi) is 10.5. The zero-order valence-electron chi connectivity index (χ0n) is 27.2. The van der Waals surface area contributed by atoms with Crippen LogP contribution in [0.1, 0.15) is 99.5 Å². The van der Waals surface area contributed by atoms with Crippen LogP contribution in [0.15, 0.2) is 18.2 Å². The van der Waals surface area contributed by atoms with Crippen molar-refractivity contribution in [3.05, 3.63) is 34.9 Å². The van der Waals surface area contributed by atoms with Crippen LogP contribution in [-0.4, -0.2) is 107 Å². The Morgan fingerprint density at radius 2 is 1.78 bits per heavy atom. The summed E-state index contributed by atoms with van der Waals surface area (Å²) in [5.74, 6) is 2.19. The van der Waals surface area contributed by atoms with Crippen molar-refractivity contribution in [2.24, 2.45) is 0 Å². The molecule has 0 aliphatic carbocycles. The summed E-state index contributed by atoms with van der Waals surface area (Å²) in [6, 6.07) is 5.75. The molecule has 3 fully saturated rings. The third-order valence-electron chi connectivity index (χ3n) is 9.74. The highest BCUT2D eigenvalue weighted by molar-refractivity contribution is 6.05. The van der Waals surface area contributed by atoms with Gasteiger partial charge in [-0.15, -0.1) is 12.3 Å². The number of imide groups is 1. The number of carbonyl (C=O) groups is 4. The van der Waals surface area contributed by atoms with Gasteiger partial charge in [0, 0.05) is 70.3 Å². The van der Waals surface area contributed by atoms with Gasteiger partial charge < -0.3 is 19.4 Å². The van der Waals surface area contributed by atoms with Gasteiger partial charge in [0.25, 0.3) is 5.91 Å². The van der Waals surface area contributed by atoms with Gasteiger partial charge in [0.1, 0.15) is 11.6 Å². The van der Waals surface area contributed by atoms with E-state index in [4.69, 9.17) is 11.2 Å². The van der Waals surface area contributed by atoms with E-state index >= 15 is 0 Å². The number of terminal acetylenes is 1. The van der Waals surface area contributed by atoms with Crippen LogP contribution in [0, 0.1) is 12.3 Å². The third kappa shape index (κ3) is 8.06. The summed E-state index contributed by atoms with van der Waals surface area (Å²) in [4.78, 5) is 58.5. The molecule has 2 atom stereocenters. The van der Waals surface area contributed by atoms with E-state index in [2.05, 4.69) is 27.1 Å². The molecule has 3 saturated heterocycles. The normalized spacial score (nSPS) is 22.6. The molecule has 2 unspecified atom stereocenters. The molecule has 0 spiro atoms.